The summed E-state index contributed by atoms with van der Waals surface area (Å²) in [6, 6.07) is 7.98. The molecule has 1 aromatic carbocycles. The van der Waals surface area contributed by atoms with Crippen LogP contribution in [0.3, 0.4) is 0 Å². The Balaban J connectivity index is 1.98. The van der Waals surface area contributed by atoms with Gasteiger partial charge >= 0.3 is 5.69 Å². The minimum atomic E-state index is -0.390. The Morgan fingerprint density at radius 1 is 1.07 bits per heavy atom. The normalized spacial score (nSPS) is 16.6. The molecule has 140 valence electrons. The van der Waals surface area contributed by atoms with Crippen LogP contribution in [0, 0.1) is 6.92 Å². The summed E-state index contributed by atoms with van der Waals surface area (Å²) in [5.41, 5.74) is 3.24. The summed E-state index contributed by atoms with van der Waals surface area (Å²) >= 11 is 0. The predicted octanol–water partition coefficient (Wildman–Crippen LogP) is 1.70. The van der Waals surface area contributed by atoms with E-state index in [9.17, 15) is 9.59 Å². The van der Waals surface area contributed by atoms with Crippen molar-refractivity contribution in [3.63, 3.8) is 0 Å². The highest BCUT2D eigenvalue weighted by Gasteiger charge is 2.30. The lowest BCUT2D eigenvalue weighted by Crippen LogP contribution is -2.38. The monoisotopic (exact) mass is 366 g/mol. The average Bonchev–Trinajstić information content (AvgIpc) is 3.05. The Morgan fingerprint density at radius 2 is 1.78 bits per heavy atom. The number of hydrazone groups is 1. The number of anilines is 1. The topological polar surface area (TPSA) is 77.4 Å². The van der Waals surface area contributed by atoms with Gasteiger partial charge in [-0.2, -0.15) is 10.1 Å². The standard InChI is InChI=1S/C19H22N6O2/c1-11-8-6-7-9-14(11)10-24-18-20-16-15(25(18)13(3)12(2)21-24)17(26)23(5)19(27)22(16)4/h6-9,13H,10H2,1-5H3/t13-/m0/s1. The van der Waals surface area contributed by atoms with Crippen LogP contribution in [0.4, 0.5) is 5.95 Å². The summed E-state index contributed by atoms with van der Waals surface area (Å²) < 4.78 is 4.42. The quantitative estimate of drug-likeness (QED) is 0.692. The fraction of sp³-hybridized carbons (Fsp3) is 0.368. The maximum Gasteiger partial charge on any atom is 0.332 e. The minimum Gasteiger partial charge on any atom is -0.294 e. The van der Waals surface area contributed by atoms with Gasteiger partial charge in [0.15, 0.2) is 11.2 Å². The van der Waals surface area contributed by atoms with Crippen molar-refractivity contribution >= 4 is 22.8 Å². The van der Waals surface area contributed by atoms with E-state index in [1.54, 1.807) is 7.05 Å². The van der Waals surface area contributed by atoms with Crippen molar-refractivity contribution < 1.29 is 0 Å². The van der Waals surface area contributed by atoms with Crippen molar-refractivity contribution in [2.45, 2.75) is 33.4 Å². The van der Waals surface area contributed by atoms with Gasteiger partial charge in [-0.3, -0.25) is 18.5 Å². The van der Waals surface area contributed by atoms with Gasteiger partial charge in [-0.05, 0) is 31.9 Å². The van der Waals surface area contributed by atoms with Gasteiger partial charge in [0.2, 0.25) is 5.95 Å². The molecule has 0 spiro atoms. The Bertz CT molecular complexity index is 1210. The van der Waals surface area contributed by atoms with Gasteiger partial charge in [0.05, 0.1) is 18.3 Å². The van der Waals surface area contributed by atoms with Gasteiger partial charge < -0.3 is 0 Å². The second-order valence-corrected chi connectivity index (χ2v) is 7.06. The zero-order chi connectivity index (χ0) is 19.5. The molecule has 0 fully saturated rings. The highest BCUT2D eigenvalue weighted by atomic mass is 16.2. The molecule has 0 unspecified atom stereocenters. The lowest BCUT2D eigenvalue weighted by molar-refractivity contribution is 0.633. The minimum absolute atomic E-state index is 0.122. The molecule has 8 nitrogen and oxygen atoms in total. The highest BCUT2D eigenvalue weighted by molar-refractivity contribution is 5.91. The molecule has 3 aromatic rings. The fourth-order valence-corrected chi connectivity index (χ4v) is 3.51. The molecule has 0 radical (unpaired) electrons. The molecule has 0 aliphatic carbocycles. The van der Waals surface area contributed by atoms with Crippen molar-refractivity contribution in [2.24, 2.45) is 19.2 Å². The van der Waals surface area contributed by atoms with Gasteiger partial charge in [0.1, 0.15) is 0 Å². The zero-order valence-corrected chi connectivity index (χ0v) is 16.1. The molecule has 0 N–H and O–H groups in total. The van der Waals surface area contributed by atoms with Crippen LogP contribution in [0.2, 0.25) is 0 Å². The van der Waals surface area contributed by atoms with E-state index in [2.05, 4.69) is 24.0 Å². The highest BCUT2D eigenvalue weighted by Crippen LogP contribution is 2.31. The van der Waals surface area contributed by atoms with Crippen LogP contribution < -0.4 is 16.3 Å². The van der Waals surface area contributed by atoms with Crippen LogP contribution >= 0.6 is 0 Å². The first-order valence-electron chi connectivity index (χ1n) is 8.86. The number of hydrogen-bond donors (Lipinski definition) is 0. The second kappa shape index (κ2) is 5.94. The molecule has 1 aliphatic heterocycles. The van der Waals surface area contributed by atoms with Crippen LogP contribution in [-0.4, -0.2) is 24.4 Å². The summed E-state index contributed by atoms with van der Waals surface area (Å²) in [6.45, 7) is 6.52. The van der Waals surface area contributed by atoms with E-state index < -0.39 is 5.69 Å². The molecule has 3 heterocycles. The summed E-state index contributed by atoms with van der Waals surface area (Å²) in [5.74, 6) is 0.574. The number of hydrogen-bond acceptors (Lipinski definition) is 5. The molecule has 0 saturated heterocycles. The number of fused-ring (bicyclic) bond motifs is 3. The SMILES string of the molecule is CC1=NN(Cc2ccccc2C)c2nc3c(c(=O)n(C)c(=O)n3C)n2[C@H]1C. The third-order valence-electron chi connectivity index (χ3n) is 5.36. The Hall–Kier alpha value is -3.16. The number of imidazole rings is 1. The summed E-state index contributed by atoms with van der Waals surface area (Å²) in [7, 11) is 3.12. The molecule has 2 aromatic heterocycles. The third kappa shape index (κ3) is 2.43. The van der Waals surface area contributed by atoms with Crippen LogP contribution in [0.5, 0.6) is 0 Å². The average molecular weight is 366 g/mol. The number of nitrogens with zero attached hydrogens (tertiary/aromatic N) is 6. The molecule has 1 aliphatic rings. The van der Waals surface area contributed by atoms with E-state index >= 15 is 0 Å². The van der Waals surface area contributed by atoms with Crippen molar-refractivity contribution in [3.05, 3.63) is 56.2 Å². The maximum absolute atomic E-state index is 12.8. The molecule has 0 bridgehead atoms. The fourth-order valence-electron chi connectivity index (χ4n) is 3.51. The van der Waals surface area contributed by atoms with Crippen LogP contribution in [0.15, 0.2) is 39.0 Å². The number of rotatable bonds is 2. The van der Waals surface area contributed by atoms with E-state index in [0.717, 1.165) is 21.4 Å². The van der Waals surface area contributed by atoms with Gasteiger partial charge in [-0.25, -0.2) is 9.80 Å². The van der Waals surface area contributed by atoms with Gasteiger partial charge in [0, 0.05) is 14.1 Å². The van der Waals surface area contributed by atoms with E-state index in [0.29, 0.717) is 23.7 Å². The Morgan fingerprint density at radius 3 is 2.48 bits per heavy atom. The number of aryl methyl sites for hydroxylation is 2. The van der Waals surface area contributed by atoms with Crippen LogP contribution in [0.1, 0.15) is 31.0 Å². The Kier molecular flexibility index (Phi) is 3.80. The lowest BCUT2D eigenvalue weighted by atomic mass is 10.1. The smallest absolute Gasteiger partial charge is 0.294 e. The molecular weight excluding hydrogens is 344 g/mol. The molecule has 0 amide bonds. The molecule has 27 heavy (non-hydrogen) atoms. The van der Waals surface area contributed by atoms with Gasteiger partial charge in [0.25, 0.3) is 5.56 Å². The van der Waals surface area contributed by atoms with Crippen molar-refractivity contribution in [3.8, 4) is 0 Å². The second-order valence-electron chi connectivity index (χ2n) is 7.06. The molecule has 1 atom stereocenters. The van der Waals surface area contributed by atoms with Crippen molar-refractivity contribution in [1.29, 1.82) is 0 Å². The molecule has 0 saturated carbocycles. The molecule has 8 heteroatoms. The first kappa shape index (κ1) is 17.3. The predicted molar refractivity (Wildman–Crippen MR) is 105 cm³/mol. The number of benzene rings is 1. The molecular formula is C19H22N6O2. The first-order valence-corrected chi connectivity index (χ1v) is 8.86. The van der Waals surface area contributed by atoms with E-state index in [1.807, 2.05) is 35.6 Å². The Labute approximate surface area is 156 Å². The van der Waals surface area contributed by atoms with Crippen molar-refractivity contribution in [1.82, 2.24) is 18.7 Å². The summed E-state index contributed by atoms with van der Waals surface area (Å²) in [6.07, 6.45) is 0. The van der Waals surface area contributed by atoms with Crippen molar-refractivity contribution in [2.75, 3.05) is 5.01 Å². The zero-order valence-electron chi connectivity index (χ0n) is 16.1. The van der Waals surface area contributed by atoms with Crippen LogP contribution in [-0.2, 0) is 20.6 Å². The maximum atomic E-state index is 12.8. The summed E-state index contributed by atoms with van der Waals surface area (Å²) in [5, 5.41) is 6.52. The lowest BCUT2D eigenvalue weighted by Gasteiger charge is -2.29. The van der Waals surface area contributed by atoms with Crippen LogP contribution in [0.25, 0.3) is 11.2 Å². The van der Waals surface area contributed by atoms with Gasteiger partial charge in [-0.1, -0.05) is 24.3 Å². The molecule has 4 rings (SSSR count). The summed E-state index contributed by atoms with van der Waals surface area (Å²) in [4.78, 5) is 29.8. The van der Waals surface area contributed by atoms with Gasteiger partial charge in [-0.15, -0.1) is 0 Å². The van der Waals surface area contributed by atoms with E-state index in [-0.39, 0.29) is 11.6 Å². The van der Waals surface area contributed by atoms with E-state index in [4.69, 9.17) is 5.10 Å². The largest absolute Gasteiger partial charge is 0.332 e. The van der Waals surface area contributed by atoms with E-state index in [1.165, 1.54) is 11.6 Å². The first-order chi connectivity index (χ1) is 12.8. The number of aromatic nitrogens is 4. The third-order valence-corrected chi connectivity index (χ3v) is 5.36.